The Morgan fingerprint density at radius 2 is 2.20 bits per heavy atom. The van der Waals surface area contributed by atoms with Crippen molar-refractivity contribution in [3.05, 3.63) is 33.1 Å². The highest BCUT2D eigenvalue weighted by molar-refractivity contribution is 7.09. The fraction of sp³-hybridized carbons (Fsp3) is 0.462. The number of hydrogen-bond acceptors (Lipinski definition) is 5. The van der Waals surface area contributed by atoms with Gasteiger partial charge in [0.1, 0.15) is 5.76 Å². The van der Waals surface area contributed by atoms with Gasteiger partial charge < -0.3 is 14.7 Å². The maximum absolute atomic E-state index is 12.0. The number of nitrogens with zero attached hydrogens (tertiary/aromatic N) is 3. The Hall–Kier alpha value is -1.89. The van der Waals surface area contributed by atoms with Crippen LogP contribution in [0.25, 0.3) is 0 Å². The molecule has 2 amide bonds. The third-order valence-electron chi connectivity index (χ3n) is 3.01. The van der Waals surface area contributed by atoms with Crippen molar-refractivity contribution in [1.29, 1.82) is 0 Å². The molecule has 108 valence electrons. The van der Waals surface area contributed by atoms with Crippen LogP contribution in [-0.2, 0) is 13.1 Å². The average molecular weight is 294 g/mol. The van der Waals surface area contributed by atoms with E-state index < -0.39 is 0 Å². The van der Waals surface area contributed by atoms with Crippen molar-refractivity contribution in [3.8, 4) is 0 Å². The number of rotatable bonds is 4. The van der Waals surface area contributed by atoms with E-state index in [1.54, 1.807) is 23.3 Å². The van der Waals surface area contributed by atoms with E-state index in [0.29, 0.717) is 13.1 Å². The van der Waals surface area contributed by atoms with E-state index in [2.05, 4.69) is 15.5 Å². The summed E-state index contributed by atoms with van der Waals surface area (Å²) in [4.78, 5) is 17.9. The number of aromatic nitrogens is 2. The molecule has 0 atom stereocenters. The van der Waals surface area contributed by atoms with Gasteiger partial charge in [0.15, 0.2) is 0 Å². The van der Waals surface area contributed by atoms with Crippen LogP contribution in [0.3, 0.4) is 0 Å². The summed E-state index contributed by atoms with van der Waals surface area (Å²) in [6.45, 7) is 6.58. The van der Waals surface area contributed by atoms with Crippen molar-refractivity contribution in [2.24, 2.45) is 0 Å². The highest BCUT2D eigenvalue weighted by Crippen LogP contribution is 2.14. The van der Waals surface area contributed by atoms with Gasteiger partial charge in [0.2, 0.25) is 0 Å². The molecule has 2 aromatic heterocycles. The number of hydrogen-bond donors (Lipinski definition) is 1. The Balaban J connectivity index is 1.89. The zero-order valence-corrected chi connectivity index (χ0v) is 12.9. The molecular formula is C13H18N4O2S. The predicted molar refractivity (Wildman–Crippen MR) is 76.5 cm³/mol. The topological polar surface area (TPSA) is 71.3 Å². The van der Waals surface area contributed by atoms with Gasteiger partial charge in [0, 0.05) is 18.0 Å². The molecular weight excluding hydrogens is 276 g/mol. The molecule has 0 spiro atoms. The zero-order valence-electron chi connectivity index (χ0n) is 12.1. The average Bonchev–Trinajstić information content (AvgIpc) is 2.96. The molecule has 0 aliphatic heterocycles. The molecule has 0 aromatic carbocycles. The molecule has 2 heterocycles. The van der Waals surface area contributed by atoms with Crippen molar-refractivity contribution < 1.29 is 9.32 Å². The molecule has 1 N–H and O–H groups in total. The third kappa shape index (κ3) is 3.36. The molecule has 0 unspecified atom stereocenters. The number of amides is 2. The van der Waals surface area contributed by atoms with Crippen LogP contribution in [0.4, 0.5) is 4.79 Å². The fourth-order valence-corrected chi connectivity index (χ4v) is 2.44. The first-order chi connectivity index (χ1) is 9.47. The highest BCUT2D eigenvalue weighted by Gasteiger charge is 2.15. The van der Waals surface area contributed by atoms with Crippen molar-refractivity contribution in [2.45, 2.75) is 33.9 Å². The summed E-state index contributed by atoms with van der Waals surface area (Å²) in [6.07, 6.45) is 0. The number of carbonyl (C=O) groups excluding carboxylic acids is 1. The van der Waals surface area contributed by atoms with Gasteiger partial charge in [-0.3, -0.25) is 0 Å². The van der Waals surface area contributed by atoms with Gasteiger partial charge in [0.25, 0.3) is 0 Å². The summed E-state index contributed by atoms with van der Waals surface area (Å²) in [6, 6.07) is -0.143. The molecule has 6 nitrogen and oxygen atoms in total. The van der Waals surface area contributed by atoms with Crippen LogP contribution in [0.1, 0.15) is 27.7 Å². The third-order valence-corrected chi connectivity index (χ3v) is 3.83. The summed E-state index contributed by atoms with van der Waals surface area (Å²) in [7, 11) is 1.74. The van der Waals surface area contributed by atoms with Gasteiger partial charge in [-0.2, -0.15) is 0 Å². The molecule has 0 fully saturated rings. The quantitative estimate of drug-likeness (QED) is 0.940. The Labute approximate surface area is 121 Å². The Kier molecular flexibility index (Phi) is 4.39. The minimum absolute atomic E-state index is 0.143. The molecule has 2 aromatic rings. The Morgan fingerprint density at radius 1 is 1.45 bits per heavy atom. The monoisotopic (exact) mass is 294 g/mol. The second-order valence-electron chi connectivity index (χ2n) is 4.68. The van der Waals surface area contributed by atoms with Gasteiger partial charge >= 0.3 is 6.03 Å². The molecule has 7 heteroatoms. The summed E-state index contributed by atoms with van der Waals surface area (Å²) in [5.41, 5.74) is 2.65. The molecule has 0 aliphatic carbocycles. The van der Waals surface area contributed by atoms with Gasteiger partial charge in [-0.15, -0.1) is 11.3 Å². The van der Waals surface area contributed by atoms with Crippen molar-refractivity contribution in [2.75, 3.05) is 7.05 Å². The Bertz CT molecular complexity index is 586. The van der Waals surface area contributed by atoms with Crippen LogP contribution in [0.15, 0.2) is 9.90 Å². The summed E-state index contributed by atoms with van der Waals surface area (Å²) in [5, 5.41) is 9.67. The minimum Gasteiger partial charge on any atom is -0.361 e. The lowest BCUT2D eigenvalue weighted by atomic mass is 10.2. The molecule has 0 saturated carbocycles. The first kappa shape index (κ1) is 14.5. The SMILES string of the molecule is Cc1nc(CNC(=O)N(C)Cc2c(C)noc2C)cs1. The van der Waals surface area contributed by atoms with Gasteiger partial charge in [-0.05, 0) is 20.8 Å². The maximum Gasteiger partial charge on any atom is 0.317 e. The summed E-state index contributed by atoms with van der Waals surface area (Å²) >= 11 is 1.58. The van der Waals surface area contributed by atoms with Crippen LogP contribution < -0.4 is 5.32 Å². The maximum atomic E-state index is 12.0. The van der Waals surface area contributed by atoms with Crippen LogP contribution in [0.5, 0.6) is 0 Å². The largest absolute Gasteiger partial charge is 0.361 e. The predicted octanol–water partition coefficient (Wildman–Crippen LogP) is 2.40. The highest BCUT2D eigenvalue weighted by atomic mass is 32.1. The van der Waals surface area contributed by atoms with Crippen LogP contribution in [0, 0.1) is 20.8 Å². The molecule has 0 bridgehead atoms. The first-order valence-corrected chi connectivity index (χ1v) is 7.17. The van der Waals surface area contributed by atoms with E-state index in [9.17, 15) is 4.79 Å². The van der Waals surface area contributed by atoms with Gasteiger partial charge in [-0.1, -0.05) is 5.16 Å². The van der Waals surface area contributed by atoms with Crippen molar-refractivity contribution in [3.63, 3.8) is 0 Å². The van der Waals surface area contributed by atoms with Crippen LogP contribution in [0.2, 0.25) is 0 Å². The number of carbonyl (C=O) groups is 1. The molecule has 0 saturated heterocycles. The zero-order chi connectivity index (χ0) is 14.7. The van der Waals surface area contributed by atoms with E-state index in [1.165, 1.54) is 0 Å². The standard InChI is InChI=1S/C13H18N4O2S/c1-8-12(9(2)19-16-8)6-17(4)13(18)14-5-11-7-20-10(3)15-11/h7H,5-6H2,1-4H3,(H,14,18). The molecule has 20 heavy (non-hydrogen) atoms. The van der Waals surface area contributed by atoms with E-state index in [0.717, 1.165) is 27.7 Å². The second kappa shape index (κ2) is 6.04. The second-order valence-corrected chi connectivity index (χ2v) is 5.74. The lowest BCUT2D eigenvalue weighted by Gasteiger charge is -2.17. The summed E-state index contributed by atoms with van der Waals surface area (Å²) in [5.74, 6) is 0.747. The smallest absolute Gasteiger partial charge is 0.317 e. The van der Waals surface area contributed by atoms with E-state index in [4.69, 9.17) is 4.52 Å². The summed E-state index contributed by atoms with van der Waals surface area (Å²) < 4.78 is 5.09. The van der Waals surface area contributed by atoms with E-state index in [1.807, 2.05) is 26.2 Å². The van der Waals surface area contributed by atoms with Gasteiger partial charge in [-0.25, -0.2) is 9.78 Å². The molecule has 0 aliphatic rings. The van der Waals surface area contributed by atoms with Gasteiger partial charge in [0.05, 0.1) is 29.5 Å². The lowest BCUT2D eigenvalue weighted by Crippen LogP contribution is -2.36. The number of thiazole rings is 1. The minimum atomic E-state index is -0.143. The first-order valence-electron chi connectivity index (χ1n) is 6.29. The van der Waals surface area contributed by atoms with E-state index >= 15 is 0 Å². The van der Waals surface area contributed by atoms with E-state index in [-0.39, 0.29) is 6.03 Å². The number of aryl methyl sites for hydroxylation is 3. The van der Waals surface area contributed by atoms with Crippen molar-refractivity contribution >= 4 is 17.4 Å². The fourth-order valence-electron chi connectivity index (χ4n) is 1.83. The van der Waals surface area contributed by atoms with Crippen molar-refractivity contribution in [1.82, 2.24) is 20.4 Å². The molecule has 0 radical (unpaired) electrons. The lowest BCUT2D eigenvalue weighted by molar-refractivity contribution is 0.206. The van der Waals surface area contributed by atoms with Crippen LogP contribution in [-0.4, -0.2) is 28.1 Å². The Morgan fingerprint density at radius 3 is 2.75 bits per heavy atom. The number of nitrogens with one attached hydrogen (secondary N) is 1. The normalized spacial score (nSPS) is 10.6. The molecule has 2 rings (SSSR count). The van der Waals surface area contributed by atoms with Crippen LogP contribution >= 0.6 is 11.3 Å². The number of urea groups is 1.